The lowest BCUT2D eigenvalue weighted by molar-refractivity contribution is -0.123. The van der Waals surface area contributed by atoms with Crippen LogP contribution in [0.3, 0.4) is 0 Å². The Bertz CT molecular complexity index is 740. The minimum Gasteiger partial charge on any atom is -0.352 e. The van der Waals surface area contributed by atoms with Gasteiger partial charge in [0, 0.05) is 25.6 Å². The van der Waals surface area contributed by atoms with Crippen molar-refractivity contribution in [2.75, 3.05) is 6.54 Å². The van der Waals surface area contributed by atoms with Crippen molar-refractivity contribution in [1.82, 2.24) is 25.4 Å². The van der Waals surface area contributed by atoms with Crippen LogP contribution in [0.2, 0.25) is 0 Å². The lowest BCUT2D eigenvalue weighted by Crippen LogP contribution is -2.41. The van der Waals surface area contributed by atoms with E-state index in [0.717, 1.165) is 50.2 Å². The van der Waals surface area contributed by atoms with Gasteiger partial charge in [-0.15, -0.1) is 10.2 Å². The standard InChI is InChI=1S/C18H22FN5O/c19-14-4-2-13(3-5-14)17(18(25)22-15-6-7-15)20-9-12-1-8-16-23-21-11-24(16)10-12/h2-5,11-12,15,17,20H,1,6-10H2,(H,22,25). The Balaban J connectivity index is 1.42. The molecular weight excluding hydrogens is 321 g/mol. The van der Waals surface area contributed by atoms with E-state index in [1.54, 1.807) is 18.5 Å². The molecule has 1 saturated carbocycles. The molecule has 2 aromatic rings. The van der Waals surface area contributed by atoms with Gasteiger partial charge < -0.3 is 15.2 Å². The molecule has 2 unspecified atom stereocenters. The van der Waals surface area contributed by atoms with Crippen LogP contribution in [0.1, 0.15) is 36.7 Å². The van der Waals surface area contributed by atoms with E-state index in [9.17, 15) is 9.18 Å². The van der Waals surface area contributed by atoms with Crippen LogP contribution in [0.5, 0.6) is 0 Å². The highest BCUT2D eigenvalue weighted by atomic mass is 19.1. The fourth-order valence-corrected chi connectivity index (χ4v) is 3.31. The van der Waals surface area contributed by atoms with Crippen molar-refractivity contribution < 1.29 is 9.18 Å². The molecule has 25 heavy (non-hydrogen) atoms. The Morgan fingerprint density at radius 1 is 1.28 bits per heavy atom. The van der Waals surface area contributed by atoms with Crippen LogP contribution in [0.25, 0.3) is 0 Å². The van der Waals surface area contributed by atoms with Gasteiger partial charge in [-0.05, 0) is 42.9 Å². The number of carbonyl (C=O) groups is 1. The van der Waals surface area contributed by atoms with Gasteiger partial charge in [-0.1, -0.05) is 12.1 Å². The first-order valence-corrected chi connectivity index (χ1v) is 8.85. The second kappa shape index (κ2) is 6.92. The van der Waals surface area contributed by atoms with Gasteiger partial charge in [0.2, 0.25) is 5.91 Å². The molecule has 1 aromatic heterocycles. The maximum absolute atomic E-state index is 13.2. The maximum atomic E-state index is 13.2. The fraction of sp³-hybridized carbons (Fsp3) is 0.500. The largest absolute Gasteiger partial charge is 0.352 e. The first-order valence-electron chi connectivity index (χ1n) is 8.85. The molecule has 2 aliphatic rings. The number of fused-ring (bicyclic) bond motifs is 1. The van der Waals surface area contributed by atoms with E-state index < -0.39 is 6.04 Å². The number of halogens is 1. The minimum absolute atomic E-state index is 0.0325. The van der Waals surface area contributed by atoms with Gasteiger partial charge in [0.25, 0.3) is 0 Å². The Kier molecular flexibility index (Phi) is 4.48. The van der Waals surface area contributed by atoms with Gasteiger partial charge in [0.15, 0.2) is 0 Å². The van der Waals surface area contributed by atoms with Gasteiger partial charge >= 0.3 is 0 Å². The number of benzene rings is 1. The van der Waals surface area contributed by atoms with Crippen LogP contribution in [-0.2, 0) is 17.8 Å². The zero-order valence-electron chi connectivity index (χ0n) is 14.0. The van der Waals surface area contributed by atoms with E-state index in [0.29, 0.717) is 12.0 Å². The quantitative estimate of drug-likeness (QED) is 0.836. The molecule has 7 heteroatoms. The number of hydrogen-bond donors (Lipinski definition) is 2. The molecule has 6 nitrogen and oxygen atoms in total. The van der Waals surface area contributed by atoms with Crippen LogP contribution < -0.4 is 10.6 Å². The average molecular weight is 343 g/mol. The topological polar surface area (TPSA) is 71.8 Å². The molecule has 1 aliphatic heterocycles. The van der Waals surface area contributed by atoms with Gasteiger partial charge in [-0.2, -0.15) is 0 Å². The minimum atomic E-state index is -0.455. The zero-order chi connectivity index (χ0) is 17.2. The monoisotopic (exact) mass is 343 g/mol. The SMILES string of the molecule is O=C(NC1CC1)C(NCC1CCc2nncn2C1)c1ccc(F)cc1. The smallest absolute Gasteiger partial charge is 0.241 e. The van der Waals surface area contributed by atoms with E-state index in [1.807, 2.05) is 0 Å². The van der Waals surface area contributed by atoms with E-state index in [-0.39, 0.29) is 11.7 Å². The van der Waals surface area contributed by atoms with Crippen molar-refractivity contribution in [2.45, 2.75) is 44.3 Å². The van der Waals surface area contributed by atoms with Gasteiger partial charge in [-0.3, -0.25) is 4.79 Å². The summed E-state index contributed by atoms with van der Waals surface area (Å²) in [5.41, 5.74) is 0.792. The molecule has 0 radical (unpaired) electrons. The Labute approximate surface area is 145 Å². The second-order valence-corrected chi connectivity index (χ2v) is 6.98. The van der Waals surface area contributed by atoms with Gasteiger partial charge in [0.1, 0.15) is 24.0 Å². The normalized spacial score (nSPS) is 20.8. The summed E-state index contributed by atoms with van der Waals surface area (Å²) in [6.07, 6.45) is 5.77. The highest BCUT2D eigenvalue weighted by molar-refractivity contribution is 5.83. The van der Waals surface area contributed by atoms with E-state index in [2.05, 4.69) is 25.4 Å². The predicted octanol–water partition coefficient (Wildman–Crippen LogP) is 1.59. The molecule has 1 aliphatic carbocycles. The number of amides is 1. The number of rotatable bonds is 6. The summed E-state index contributed by atoms with van der Waals surface area (Å²) in [5.74, 6) is 1.12. The van der Waals surface area contributed by atoms with Crippen molar-refractivity contribution in [3.8, 4) is 0 Å². The zero-order valence-corrected chi connectivity index (χ0v) is 14.0. The summed E-state index contributed by atoms with van der Waals surface area (Å²) in [6, 6.07) is 6.00. The Morgan fingerprint density at radius 3 is 2.84 bits per heavy atom. The Morgan fingerprint density at radius 2 is 2.08 bits per heavy atom. The molecule has 1 amide bonds. The molecule has 1 aromatic carbocycles. The molecule has 132 valence electrons. The fourth-order valence-electron chi connectivity index (χ4n) is 3.31. The number of hydrogen-bond acceptors (Lipinski definition) is 4. The van der Waals surface area contributed by atoms with Crippen LogP contribution in [0, 0.1) is 11.7 Å². The summed E-state index contributed by atoms with van der Waals surface area (Å²) in [7, 11) is 0. The van der Waals surface area contributed by atoms with Crippen molar-refractivity contribution >= 4 is 5.91 Å². The van der Waals surface area contributed by atoms with Crippen LogP contribution >= 0.6 is 0 Å². The first kappa shape index (κ1) is 16.2. The van der Waals surface area contributed by atoms with E-state index >= 15 is 0 Å². The summed E-state index contributed by atoms with van der Waals surface area (Å²) in [6.45, 7) is 1.58. The molecule has 2 N–H and O–H groups in total. The molecule has 1 fully saturated rings. The van der Waals surface area contributed by atoms with Crippen LogP contribution in [-0.4, -0.2) is 33.3 Å². The van der Waals surface area contributed by atoms with Crippen molar-refractivity contribution in [1.29, 1.82) is 0 Å². The summed E-state index contributed by atoms with van der Waals surface area (Å²) < 4.78 is 15.3. The molecule has 0 saturated heterocycles. The number of nitrogens with one attached hydrogen (secondary N) is 2. The highest BCUT2D eigenvalue weighted by Crippen LogP contribution is 2.23. The van der Waals surface area contributed by atoms with E-state index in [4.69, 9.17) is 0 Å². The first-order chi connectivity index (χ1) is 12.2. The van der Waals surface area contributed by atoms with Crippen molar-refractivity contribution in [2.24, 2.45) is 5.92 Å². The van der Waals surface area contributed by atoms with Gasteiger partial charge in [-0.25, -0.2) is 4.39 Å². The number of carbonyl (C=O) groups excluding carboxylic acids is 1. The molecular formula is C18H22FN5O. The summed E-state index contributed by atoms with van der Waals surface area (Å²) in [5, 5.41) is 14.5. The highest BCUT2D eigenvalue weighted by Gasteiger charge is 2.29. The molecule has 2 atom stereocenters. The maximum Gasteiger partial charge on any atom is 0.241 e. The van der Waals surface area contributed by atoms with Crippen molar-refractivity contribution in [3.63, 3.8) is 0 Å². The van der Waals surface area contributed by atoms with Crippen LogP contribution in [0.15, 0.2) is 30.6 Å². The molecule has 0 spiro atoms. The number of nitrogens with zero attached hydrogens (tertiary/aromatic N) is 3. The predicted molar refractivity (Wildman–Crippen MR) is 90.1 cm³/mol. The molecule has 2 heterocycles. The molecule has 0 bridgehead atoms. The lowest BCUT2D eigenvalue weighted by atomic mass is 9.98. The second-order valence-electron chi connectivity index (χ2n) is 6.98. The Hall–Kier alpha value is -2.28. The van der Waals surface area contributed by atoms with Crippen LogP contribution in [0.4, 0.5) is 4.39 Å². The summed E-state index contributed by atoms with van der Waals surface area (Å²) in [4.78, 5) is 12.6. The average Bonchev–Trinajstić information content (AvgIpc) is 3.30. The number of aromatic nitrogens is 3. The third-order valence-corrected chi connectivity index (χ3v) is 4.93. The summed E-state index contributed by atoms with van der Waals surface area (Å²) >= 11 is 0. The van der Waals surface area contributed by atoms with Gasteiger partial charge in [0.05, 0.1) is 0 Å². The molecule has 4 rings (SSSR count). The third-order valence-electron chi connectivity index (χ3n) is 4.93. The third kappa shape index (κ3) is 3.87. The van der Waals surface area contributed by atoms with Crippen molar-refractivity contribution in [3.05, 3.63) is 47.8 Å². The number of aryl methyl sites for hydroxylation is 1. The lowest BCUT2D eigenvalue weighted by Gasteiger charge is -2.26. The van der Waals surface area contributed by atoms with E-state index in [1.165, 1.54) is 12.1 Å².